The number of nitrogens with zero attached hydrogens (tertiary/aromatic N) is 3. The number of amides is 4. The van der Waals surface area contributed by atoms with Gasteiger partial charge in [-0.1, -0.05) is 76.4 Å². The molecule has 2 saturated carbocycles. The molecule has 2 aliphatic carbocycles. The molecule has 1 saturated heterocycles. The lowest BCUT2D eigenvalue weighted by Crippen LogP contribution is -2.58. The van der Waals surface area contributed by atoms with Crippen molar-refractivity contribution < 1.29 is 33.8 Å². The molecule has 13 heteroatoms. The van der Waals surface area contributed by atoms with Crippen LogP contribution < -0.4 is 25.4 Å². The minimum Gasteiger partial charge on any atom is -0.497 e. The molecule has 6 rings (SSSR count). The third-order valence-electron chi connectivity index (χ3n) is 11.7. The first-order chi connectivity index (χ1) is 26.7. The zero-order chi connectivity index (χ0) is 40.2. The Kier molecular flexibility index (Phi) is 12.2. The van der Waals surface area contributed by atoms with Crippen molar-refractivity contribution in [2.75, 3.05) is 33.8 Å². The maximum atomic E-state index is 14.3. The van der Waals surface area contributed by atoms with Gasteiger partial charge in [0.1, 0.15) is 29.2 Å². The lowest BCUT2D eigenvalue weighted by molar-refractivity contribution is -0.144. The van der Waals surface area contributed by atoms with Crippen molar-refractivity contribution in [1.29, 1.82) is 0 Å². The average molecular weight is 769 g/mol. The number of aromatic nitrogens is 1. The van der Waals surface area contributed by atoms with Crippen LogP contribution >= 0.6 is 0 Å². The van der Waals surface area contributed by atoms with E-state index in [2.05, 4.69) is 22.5 Å². The molecule has 0 spiro atoms. The van der Waals surface area contributed by atoms with E-state index in [1.807, 2.05) is 87.3 Å². The fourth-order valence-corrected chi connectivity index (χ4v) is 7.94. The Bertz CT molecular complexity index is 1930. The van der Waals surface area contributed by atoms with E-state index in [1.54, 1.807) is 7.11 Å². The van der Waals surface area contributed by atoms with Gasteiger partial charge in [0.05, 0.1) is 31.4 Å². The summed E-state index contributed by atoms with van der Waals surface area (Å²) in [6.45, 7) is 10.3. The van der Waals surface area contributed by atoms with Gasteiger partial charge in [-0.2, -0.15) is 0 Å². The summed E-state index contributed by atoms with van der Waals surface area (Å²) >= 11 is 0. The predicted octanol–water partition coefficient (Wildman–Crippen LogP) is 5.38. The first kappa shape index (κ1) is 40.5. The summed E-state index contributed by atoms with van der Waals surface area (Å²) in [5, 5.41) is 20.0. The van der Waals surface area contributed by atoms with Crippen molar-refractivity contribution in [3.05, 3.63) is 67.3 Å². The second kappa shape index (κ2) is 16.9. The van der Waals surface area contributed by atoms with Gasteiger partial charge in [0.15, 0.2) is 0 Å². The van der Waals surface area contributed by atoms with Crippen LogP contribution in [0.15, 0.2) is 67.3 Å². The molecule has 3 aliphatic rings. The number of pyridine rings is 1. The van der Waals surface area contributed by atoms with Crippen LogP contribution in [0.4, 0.5) is 4.79 Å². The second-order valence-corrected chi connectivity index (χ2v) is 16.5. The van der Waals surface area contributed by atoms with Gasteiger partial charge >= 0.3 is 12.0 Å². The summed E-state index contributed by atoms with van der Waals surface area (Å²) in [5.74, 6) is -0.974. The maximum Gasteiger partial charge on any atom is 0.330 e. The van der Waals surface area contributed by atoms with E-state index in [-0.39, 0.29) is 37.9 Å². The molecule has 1 unspecified atom stereocenters. The smallest absolute Gasteiger partial charge is 0.330 e. The molecule has 2 heterocycles. The largest absolute Gasteiger partial charge is 0.497 e. The van der Waals surface area contributed by atoms with Gasteiger partial charge in [-0.25, -0.2) is 14.6 Å². The Labute approximate surface area is 329 Å². The number of hydrogen-bond acceptors (Lipinski definition) is 8. The highest BCUT2D eigenvalue weighted by Crippen LogP contribution is 2.45. The predicted molar refractivity (Wildman–Crippen MR) is 214 cm³/mol. The number of carboxylic acid groups (broad SMARTS) is 1. The number of benzene rings is 2. The molecule has 4 amide bonds. The summed E-state index contributed by atoms with van der Waals surface area (Å²) in [4.78, 5) is 62.0. The van der Waals surface area contributed by atoms with Crippen molar-refractivity contribution in [3.63, 3.8) is 0 Å². The number of methoxy groups -OCH3 is 1. The van der Waals surface area contributed by atoms with Crippen LogP contribution in [0.5, 0.6) is 11.5 Å². The van der Waals surface area contributed by atoms with E-state index in [9.17, 15) is 24.3 Å². The normalized spacial score (nSPS) is 22.9. The monoisotopic (exact) mass is 768 g/mol. The van der Waals surface area contributed by atoms with E-state index in [0.29, 0.717) is 29.3 Å². The van der Waals surface area contributed by atoms with Gasteiger partial charge in [0.25, 0.3) is 0 Å². The Morgan fingerprint density at radius 2 is 1.82 bits per heavy atom. The number of carboxylic acids is 1. The molecule has 0 bridgehead atoms. The Morgan fingerprint density at radius 1 is 1.09 bits per heavy atom. The number of nitrogens with one attached hydrogen (secondary N) is 3. The van der Waals surface area contributed by atoms with Crippen molar-refractivity contribution >= 4 is 34.7 Å². The van der Waals surface area contributed by atoms with E-state index < -0.39 is 53.0 Å². The van der Waals surface area contributed by atoms with Gasteiger partial charge in [0, 0.05) is 61.1 Å². The third-order valence-corrected chi connectivity index (χ3v) is 11.7. The highest BCUT2D eigenvalue weighted by Gasteiger charge is 2.61. The molecule has 0 radical (unpaired) electrons. The highest BCUT2D eigenvalue weighted by atomic mass is 16.5. The number of aliphatic carboxylic acids is 1. The summed E-state index contributed by atoms with van der Waals surface area (Å²) in [6.07, 6.45) is 6.74. The van der Waals surface area contributed by atoms with E-state index in [0.717, 1.165) is 36.6 Å². The van der Waals surface area contributed by atoms with Gasteiger partial charge in [-0.3, -0.25) is 9.59 Å². The summed E-state index contributed by atoms with van der Waals surface area (Å²) in [5.41, 5.74) is 0.327. The SMILES string of the molecule is C=C[C@@H]1C[C@]1(NC(=O)[C@@H]1C[C@@H](Oc2cc(-c3ccccc3)nc3cc(OC)ccc23)CN1C(=O)NC(CNCC(=O)N(C)C1CCCCC1)C(C)(C)C)C(=O)O. The molecule has 56 heavy (non-hydrogen) atoms. The zero-order valence-electron chi connectivity index (χ0n) is 33.2. The Balaban J connectivity index is 1.23. The molecular formula is C43H56N6O7. The minimum atomic E-state index is -1.47. The molecule has 3 fully saturated rings. The topological polar surface area (TPSA) is 162 Å². The molecule has 3 aromatic rings. The van der Waals surface area contributed by atoms with E-state index in [1.165, 1.54) is 17.4 Å². The highest BCUT2D eigenvalue weighted by molar-refractivity contribution is 5.95. The number of carbonyl (C=O) groups is 4. The van der Waals surface area contributed by atoms with Crippen LogP contribution in [0.1, 0.15) is 65.7 Å². The lowest BCUT2D eigenvalue weighted by Gasteiger charge is -2.35. The van der Waals surface area contributed by atoms with Crippen molar-refractivity contribution in [1.82, 2.24) is 30.7 Å². The molecule has 5 atom stereocenters. The summed E-state index contributed by atoms with van der Waals surface area (Å²) < 4.78 is 12.2. The number of hydrogen-bond donors (Lipinski definition) is 4. The van der Waals surface area contributed by atoms with Crippen LogP contribution in [0.25, 0.3) is 22.2 Å². The minimum absolute atomic E-state index is 0.00919. The van der Waals surface area contributed by atoms with Crippen LogP contribution in [-0.2, 0) is 14.4 Å². The van der Waals surface area contributed by atoms with Gasteiger partial charge in [-0.15, -0.1) is 6.58 Å². The molecule has 2 aromatic carbocycles. The van der Waals surface area contributed by atoms with Crippen molar-refractivity contribution in [2.24, 2.45) is 11.3 Å². The standard InChI is InChI=1S/C43H56N6O7/c1-7-28-23-43(28,40(52)53)47-39(51)35-21-31(56-36-22-33(27-14-10-8-11-15-27)45-34-20-30(55-6)18-19-32(34)36)26-49(35)41(54)46-37(42(2,3)4)24-44-25-38(50)48(5)29-16-12-9-13-17-29/h7-8,10-11,14-15,18-20,22,28-29,31,35,37,44H,1,9,12-13,16-17,21,23-26H2,2-6H3,(H,46,54)(H,47,51)(H,52,53)/t28-,31-,35+,37?,43-/m1/s1. The molecule has 1 aromatic heterocycles. The fourth-order valence-electron chi connectivity index (χ4n) is 7.94. The third kappa shape index (κ3) is 8.93. The lowest BCUT2D eigenvalue weighted by atomic mass is 9.86. The van der Waals surface area contributed by atoms with Gasteiger partial charge in [-0.05, 0) is 36.8 Å². The van der Waals surface area contributed by atoms with Crippen molar-refractivity contribution in [2.45, 2.75) is 95.5 Å². The number of ether oxygens (including phenoxy) is 2. The van der Waals surface area contributed by atoms with Gasteiger partial charge < -0.3 is 40.3 Å². The molecular weight excluding hydrogens is 713 g/mol. The van der Waals surface area contributed by atoms with E-state index in [4.69, 9.17) is 14.5 Å². The number of rotatable bonds is 14. The fraction of sp³-hybridized carbons (Fsp3) is 0.512. The number of carbonyl (C=O) groups excluding carboxylic acids is 3. The first-order valence-electron chi connectivity index (χ1n) is 19.7. The average Bonchev–Trinajstić information content (AvgIpc) is 3.75. The molecule has 1 aliphatic heterocycles. The Morgan fingerprint density at radius 3 is 2.46 bits per heavy atom. The molecule has 13 nitrogen and oxygen atoms in total. The summed E-state index contributed by atoms with van der Waals surface area (Å²) in [6, 6.07) is 15.4. The van der Waals surface area contributed by atoms with Crippen LogP contribution in [-0.4, -0.2) is 107 Å². The van der Waals surface area contributed by atoms with E-state index >= 15 is 0 Å². The number of likely N-dealkylation sites (N-methyl/N-ethyl adjacent to an activating group) is 1. The summed E-state index contributed by atoms with van der Waals surface area (Å²) in [7, 11) is 3.45. The molecule has 300 valence electrons. The maximum absolute atomic E-state index is 14.3. The second-order valence-electron chi connectivity index (χ2n) is 16.5. The van der Waals surface area contributed by atoms with Crippen molar-refractivity contribution in [3.8, 4) is 22.8 Å². The zero-order valence-corrected chi connectivity index (χ0v) is 33.2. The number of fused-ring (bicyclic) bond motifs is 1. The van der Waals surface area contributed by atoms with Crippen LogP contribution in [0.3, 0.4) is 0 Å². The quantitative estimate of drug-likeness (QED) is 0.158. The Hall–Kier alpha value is -5.17. The van der Waals surface area contributed by atoms with Gasteiger partial charge in [0.2, 0.25) is 11.8 Å². The number of likely N-dealkylation sites (tertiary alicyclic amines) is 1. The first-order valence-corrected chi connectivity index (χ1v) is 19.7. The molecule has 4 N–H and O–H groups in total. The van der Waals surface area contributed by atoms with Crippen LogP contribution in [0.2, 0.25) is 0 Å². The number of urea groups is 1. The van der Waals surface area contributed by atoms with Crippen LogP contribution in [0, 0.1) is 11.3 Å².